The Bertz CT molecular complexity index is 561. The van der Waals surface area contributed by atoms with Crippen LogP contribution in [0.25, 0.3) is 0 Å². The Morgan fingerprint density at radius 3 is 2.26 bits per heavy atom. The topological polar surface area (TPSA) is 12.0 Å². The highest BCUT2D eigenvalue weighted by Crippen LogP contribution is 2.34. The standard InChI is InChI=1S/C15H14F3N/c1-11-6-2-3-7-12(11)10-19-14-9-5-4-8-13(14)15(16,17)18/h2-9,19H,10H2,1H3. The molecule has 0 aromatic heterocycles. The summed E-state index contributed by atoms with van der Waals surface area (Å²) >= 11 is 0. The van der Waals surface area contributed by atoms with Gasteiger partial charge in [-0.2, -0.15) is 13.2 Å². The summed E-state index contributed by atoms with van der Waals surface area (Å²) < 4.78 is 38.4. The van der Waals surface area contributed by atoms with Crippen LogP contribution in [0.4, 0.5) is 18.9 Å². The molecule has 0 fully saturated rings. The van der Waals surface area contributed by atoms with E-state index in [1.54, 1.807) is 6.07 Å². The number of anilines is 1. The van der Waals surface area contributed by atoms with Gasteiger partial charge in [-0.15, -0.1) is 0 Å². The van der Waals surface area contributed by atoms with Crippen molar-refractivity contribution in [2.45, 2.75) is 19.6 Å². The summed E-state index contributed by atoms with van der Waals surface area (Å²) in [7, 11) is 0. The highest BCUT2D eigenvalue weighted by Gasteiger charge is 2.32. The van der Waals surface area contributed by atoms with Gasteiger partial charge in [0.2, 0.25) is 0 Å². The van der Waals surface area contributed by atoms with Crippen LogP contribution in [-0.4, -0.2) is 0 Å². The molecule has 0 spiro atoms. The van der Waals surface area contributed by atoms with Crippen LogP contribution in [-0.2, 0) is 12.7 Å². The summed E-state index contributed by atoms with van der Waals surface area (Å²) in [5.74, 6) is 0. The fourth-order valence-electron chi connectivity index (χ4n) is 1.88. The van der Waals surface area contributed by atoms with Crippen LogP contribution in [0.2, 0.25) is 0 Å². The minimum Gasteiger partial charge on any atom is -0.380 e. The number of alkyl halides is 3. The third-order valence-electron chi connectivity index (χ3n) is 2.96. The van der Waals surface area contributed by atoms with E-state index in [-0.39, 0.29) is 5.69 Å². The molecule has 2 aromatic rings. The van der Waals surface area contributed by atoms with Gasteiger partial charge in [-0.1, -0.05) is 36.4 Å². The third kappa shape index (κ3) is 3.28. The van der Waals surface area contributed by atoms with Gasteiger partial charge in [0.15, 0.2) is 0 Å². The van der Waals surface area contributed by atoms with Crippen molar-refractivity contribution in [3.05, 3.63) is 65.2 Å². The Kier molecular flexibility index (Phi) is 3.79. The molecular formula is C15H14F3N. The Morgan fingerprint density at radius 2 is 1.58 bits per heavy atom. The van der Waals surface area contributed by atoms with Crippen LogP contribution in [0.3, 0.4) is 0 Å². The Hall–Kier alpha value is -1.97. The first-order valence-electron chi connectivity index (χ1n) is 5.93. The molecule has 0 heterocycles. The Morgan fingerprint density at radius 1 is 0.947 bits per heavy atom. The predicted octanol–water partition coefficient (Wildman–Crippen LogP) is 4.63. The Balaban J connectivity index is 2.19. The zero-order chi connectivity index (χ0) is 13.9. The highest BCUT2D eigenvalue weighted by molar-refractivity contribution is 5.53. The average Bonchev–Trinajstić information content (AvgIpc) is 2.37. The number of aryl methyl sites for hydroxylation is 1. The van der Waals surface area contributed by atoms with Crippen LogP contribution in [0.5, 0.6) is 0 Å². The van der Waals surface area contributed by atoms with Gasteiger partial charge in [-0.05, 0) is 30.2 Å². The molecule has 0 aliphatic heterocycles. The van der Waals surface area contributed by atoms with E-state index >= 15 is 0 Å². The molecule has 100 valence electrons. The number of benzene rings is 2. The number of hydrogen-bond donors (Lipinski definition) is 1. The molecule has 0 aliphatic carbocycles. The predicted molar refractivity (Wildman–Crippen MR) is 69.9 cm³/mol. The van der Waals surface area contributed by atoms with E-state index < -0.39 is 11.7 Å². The summed E-state index contributed by atoms with van der Waals surface area (Å²) in [5, 5.41) is 2.86. The van der Waals surface area contributed by atoms with Gasteiger partial charge in [-0.3, -0.25) is 0 Å². The molecule has 0 atom stereocenters. The Labute approximate surface area is 110 Å². The van der Waals surface area contributed by atoms with Crippen molar-refractivity contribution < 1.29 is 13.2 Å². The smallest absolute Gasteiger partial charge is 0.380 e. The lowest BCUT2D eigenvalue weighted by molar-refractivity contribution is -0.136. The summed E-state index contributed by atoms with van der Waals surface area (Å²) in [5.41, 5.74) is 1.51. The van der Waals surface area contributed by atoms with Gasteiger partial charge in [-0.25, -0.2) is 0 Å². The summed E-state index contributed by atoms with van der Waals surface area (Å²) in [4.78, 5) is 0. The molecule has 0 radical (unpaired) electrons. The zero-order valence-corrected chi connectivity index (χ0v) is 10.5. The molecule has 2 aromatic carbocycles. The maximum absolute atomic E-state index is 12.8. The lowest BCUT2D eigenvalue weighted by Gasteiger charge is -2.15. The SMILES string of the molecule is Cc1ccccc1CNc1ccccc1C(F)(F)F. The molecule has 2 rings (SSSR count). The van der Waals surface area contributed by atoms with Gasteiger partial charge in [0, 0.05) is 12.2 Å². The second-order valence-corrected chi connectivity index (χ2v) is 4.32. The fourth-order valence-corrected chi connectivity index (χ4v) is 1.88. The van der Waals surface area contributed by atoms with Crippen LogP contribution in [0.1, 0.15) is 16.7 Å². The minimum absolute atomic E-state index is 0.109. The quantitative estimate of drug-likeness (QED) is 0.853. The van der Waals surface area contributed by atoms with E-state index in [9.17, 15) is 13.2 Å². The van der Waals surface area contributed by atoms with Crippen molar-refractivity contribution in [3.8, 4) is 0 Å². The van der Waals surface area contributed by atoms with Crippen molar-refractivity contribution in [2.75, 3.05) is 5.32 Å². The first-order valence-corrected chi connectivity index (χ1v) is 5.93. The van der Waals surface area contributed by atoms with E-state index in [0.717, 1.165) is 17.2 Å². The number of para-hydroxylation sites is 1. The molecule has 0 saturated heterocycles. The maximum Gasteiger partial charge on any atom is 0.418 e. The lowest BCUT2D eigenvalue weighted by Crippen LogP contribution is -2.11. The summed E-state index contributed by atoms with van der Waals surface area (Å²) in [6.45, 7) is 2.31. The zero-order valence-electron chi connectivity index (χ0n) is 10.5. The second-order valence-electron chi connectivity index (χ2n) is 4.32. The molecule has 1 nitrogen and oxygen atoms in total. The number of hydrogen-bond acceptors (Lipinski definition) is 1. The lowest BCUT2D eigenvalue weighted by atomic mass is 10.1. The summed E-state index contributed by atoms with van der Waals surface area (Å²) in [6, 6.07) is 13.1. The molecule has 0 bridgehead atoms. The average molecular weight is 265 g/mol. The fraction of sp³-hybridized carbons (Fsp3) is 0.200. The van der Waals surface area contributed by atoms with Gasteiger partial charge < -0.3 is 5.32 Å². The first kappa shape index (κ1) is 13.5. The minimum atomic E-state index is -4.34. The number of halogens is 3. The van der Waals surface area contributed by atoms with Crippen molar-refractivity contribution in [1.29, 1.82) is 0 Å². The molecule has 1 N–H and O–H groups in total. The van der Waals surface area contributed by atoms with Crippen molar-refractivity contribution in [2.24, 2.45) is 0 Å². The van der Waals surface area contributed by atoms with Crippen LogP contribution in [0, 0.1) is 6.92 Å². The normalized spacial score (nSPS) is 11.4. The van der Waals surface area contributed by atoms with E-state index in [4.69, 9.17) is 0 Å². The number of rotatable bonds is 3. The highest BCUT2D eigenvalue weighted by atomic mass is 19.4. The van der Waals surface area contributed by atoms with Crippen molar-refractivity contribution >= 4 is 5.69 Å². The molecule has 0 aliphatic rings. The number of nitrogens with one attached hydrogen (secondary N) is 1. The first-order chi connectivity index (χ1) is 8.98. The van der Waals surface area contributed by atoms with E-state index in [1.165, 1.54) is 12.1 Å². The van der Waals surface area contributed by atoms with Gasteiger partial charge in [0.1, 0.15) is 0 Å². The molecule has 4 heteroatoms. The van der Waals surface area contributed by atoms with Gasteiger partial charge >= 0.3 is 6.18 Å². The second kappa shape index (κ2) is 5.34. The maximum atomic E-state index is 12.8. The molecule has 0 unspecified atom stereocenters. The summed E-state index contributed by atoms with van der Waals surface area (Å²) in [6.07, 6.45) is -4.34. The molecule has 0 saturated carbocycles. The largest absolute Gasteiger partial charge is 0.418 e. The van der Waals surface area contributed by atoms with E-state index in [2.05, 4.69) is 5.32 Å². The monoisotopic (exact) mass is 265 g/mol. The van der Waals surface area contributed by atoms with Crippen LogP contribution >= 0.6 is 0 Å². The van der Waals surface area contributed by atoms with E-state index in [0.29, 0.717) is 6.54 Å². The molecule has 19 heavy (non-hydrogen) atoms. The van der Waals surface area contributed by atoms with Crippen LogP contribution < -0.4 is 5.32 Å². The van der Waals surface area contributed by atoms with Crippen molar-refractivity contribution in [1.82, 2.24) is 0 Å². The van der Waals surface area contributed by atoms with Crippen LogP contribution in [0.15, 0.2) is 48.5 Å². The molecular weight excluding hydrogens is 251 g/mol. The van der Waals surface area contributed by atoms with Crippen molar-refractivity contribution in [3.63, 3.8) is 0 Å². The molecule has 0 amide bonds. The van der Waals surface area contributed by atoms with E-state index in [1.807, 2.05) is 31.2 Å². The van der Waals surface area contributed by atoms with Gasteiger partial charge in [0.05, 0.1) is 5.56 Å². The van der Waals surface area contributed by atoms with Gasteiger partial charge in [0.25, 0.3) is 0 Å². The third-order valence-corrected chi connectivity index (χ3v) is 2.96.